The van der Waals surface area contributed by atoms with Gasteiger partial charge < -0.3 is 20.4 Å². The molecular formula is C28H43N7O4S. The number of carbonyl (C=O) groups excluding carboxylic acids is 3. The molecule has 11 nitrogen and oxygen atoms in total. The van der Waals surface area contributed by atoms with E-state index in [1.807, 2.05) is 30.2 Å². The monoisotopic (exact) mass is 573 g/mol. The lowest BCUT2D eigenvalue weighted by Gasteiger charge is -2.40. The summed E-state index contributed by atoms with van der Waals surface area (Å²) in [6.45, 7) is 11.2. The second-order valence-electron chi connectivity index (χ2n) is 10.2. The SMILES string of the molecule is CCCNC(=O)Nc1cc(C)c(C(=O)NCC[C@@H](C)N2CCC(N(Cc3ccsc3)C(=O)NOC)CC2)c(C)n1. The number of aryl methyl sites for hydroxylation is 2. The van der Waals surface area contributed by atoms with Crippen LogP contribution in [0.15, 0.2) is 22.9 Å². The number of nitrogens with zero attached hydrogens (tertiary/aromatic N) is 3. The Labute approximate surface area is 241 Å². The molecule has 2 aromatic heterocycles. The zero-order chi connectivity index (χ0) is 29.1. The van der Waals surface area contributed by atoms with E-state index in [-0.39, 0.29) is 30.1 Å². The Kier molecular flexibility index (Phi) is 12.2. The van der Waals surface area contributed by atoms with Crippen LogP contribution >= 0.6 is 11.3 Å². The van der Waals surface area contributed by atoms with Crippen molar-refractivity contribution in [3.8, 4) is 0 Å². The van der Waals surface area contributed by atoms with Crippen LogP contribution < -0.4 is 21.4 Å². The van der Waals surface area contributed by atoms with E-state index < -0.39 is 0 Å². The van der Waals surface area contributed by atoms with E-state index in [0.29, 0.717) is 36.7 Å². The van der Waals surface area contributed by atoms with Gasteiger partial charge in [0.2, 0.25) is 0 Å². The minimum atomic E-state index is -0.309. The number of amides is 5. The maximum Gasteiger partial charge on any atom is 0.341 e. The summed E-state index contributed by atoms with van der Waals surface area (Å²) in [5.74, 6) is 0.259. The number of pyridine rings is 1. The molecule has 4 N–H and O–H groups in total. The Hall–Kier alpha value is -3.22. The van der Waals surface area contributed by atoms with Gasteiger partial charge in [0.1, 0.15) is 5.82 Å². The molecule has 0 saturated carbocycles. The minimum Gasteiger partial charge on any atom is -0.352 e. The maximum absolute atomic E-state index is 13.0. The molecule has 12 heteroatoms. The fourth-order valence-electron chi connectivity index (χ4n) is 5.03. The highest BCUT2D eigenvalue weighted by Crippen LogP contribution is 2.22. The highest BCUT2D eigenvalue weighted by Gasteiger charge is 2.30. The lowest BCUT2D eigenvalue weighted by atomic mass is 10.0. The number of nitrogens with one attached hydrogen (secondary N) is 4. The van der Waals surface area contributed by atoms with E-state index in [1.54, 1.807) is 24.3 Å². The van der Waals surface area contributed by atoms with E-state index in [1.165, 1.54) is 7.11 Å². The Morgan fingerprint density at radius 1 is 1.20 bits per heavy atom. The number of urea groups is 2. The molecule has 40 heavy (non-hydrogen) atoms. The summed E-state index contributed by atoms with van der Waals surface area (Å²) in [7, 11) is 1.45. The molecule has 220 valence electrons. The molecule has 1 atom stereocenters. The van der Waals surface area contributed by atoms with Gasteiger partial charge >= 0.3 is 12.1 Å². The predicted molar refractivity (Wildman–Crippen MR) is 157 cm³/mol. The van der Waals surface area contributed by atoms with Gasteiger partial charge in [0.05, 0.1) is 18.4 Å². The lowest BCUT2D eigenvalue weighted by Crippen LogP contribution is -2.51. The number of hydroxylamine groups is 1. The molecule has 0 spiro atoms. The van der Waals surface area contributed by atoms with Crippen molar-refractivity contribution in [2.24, 2.45) is 0 Å². The quantitative estimate of drug-likeness (QED) is 0.284. The Balaban J connectivity index is 1.47. The maximum atomic E-state index is 13.0. The van der Waals surface area contributed by atoms with E-state index in [9.17, 15) is 14.4 Å². The molecule has 0 aliphatic carbocycles. The first-order valence-electron chi connectivity index (χ1n) is 13.9. The number of piperidine rings is 1. The summed E-state index contributed by atoms with van der Waals surface area (Å²) >= 11 is 1.62. The van der Waals surface area contributed by atoms with Crippen LogP contribution in [0, 0.1) is 13.8 Å². The van der Waals surface area contributed by atoms with Gasteiger partial charge in [-0.1, -0.05) is 6.92 Å². The first-order chi connectivity index (χ1) is 19.2. The Morgan fingerprint density at radius 2 is 1.95 bits per heavy atom. The standard InChI is InChI=1S/C28H43N7O4S/c1-6-11-30-27(37)32-24-16-19(2)25(21(4)31-24)26(36)29-12-7-20(3)34-13-8-23(9-14-34)35(28(38)33-39-5)17-22-10-15-40-18-22/h10,15-16,18,20,23H,6-9,11-14,17H2,1-5H3,(H,29,36)(H,33,38)(H2,30,31,32,37)/t20-/m1/s1. The summed E-state index contributed by atoms with van der Waals surface area (Å²) in [6, 6.07) is 3.65. The average molecular weight is 574 g/mol. The second-order valence-corrected chi connectivity index (χ2v) is 11.0. The van der Waals surface area contributed by atoms with E-state index >= 15 is 0 Å². The van der Waals surface area contributed by atoms with Crippen molar-refractivity contribution in [2.45, 2.75) is 72.0 Å². The van der Waals surface area contributed by atoms with Gasteiger partial charge in [0.25, 0.3) is 5.91 Å². The van der Waals surface area contributed by atoms with Gasteiger partial charge in [-0.3, -0.25) is 14.9 Å². The molecule has 1 aliphatic rings. The van der Waals surface area contributed by atoms with E-state index in [0.717, 1.165) is 49.9 Å². The van der Waals surface area contributed by atoms with Crippen LogP contribution in [0.3, 0.4) is 0 Å². The van der Waals surface area contributed by atoms with Crippen molar-refractivity contribution < 1.29 is 19.2 Å². The van der Waals surface area contributed by atoms with Crippen LogP contribution in [-0.2, 0) is 11.4 Å². The van der Waals surface area contributed by atoms with Crippen molar-refractivity contribution in [1.29, 1.82) is 0 Å². The van der Waals surface area contributed by atoms with Gasteiger partial charge in [-0.05, 0) is 80.5 Å². The van der Waals surface area contributed by atoms with Crippen molar-refractivity contribution in [3.05, 3.63) is 45.3 Å². The second kappa shape index (κ2) is 15.5. The summed E-state index contributed by atoms with van der Waals surface area (Å²) in [6.07, 6.45) is 3.40. The van der Waals surface area contributed by atoms with Crippen molar-refractivity contribution in [2.75, 3.05) is 38.6 Å². The highest BCUT2D eigenvalue weighted by atomic mass is 32.1. The molecule has 0 aromatic carbocycles. The third-order valence-electron chi connectivity index (χ3n) is 7.20. The zero-order valence-corrected chi connectivity index (χ0v) is 25.0. The molecule has 0 radical (unpaired) electrons. The van der Waals surface area contributed by atoms with Gasteiger partial charge in [-0.15, -0.1) is 0 Å². The van der Waals surface area contributed by atoms with E-state index in [2.05, 4.69) is 43.6 Å². The molecular weight excluding hydrogens is 530 g/mol. The largest absolute Gasteiger partial charge is 0.352 e. The Morgan fingerprint density at radius 3 is 2.58 bits per heavy atom. The number of rotatable bonds is 12. The smallest absolute Gasteiger partial charge is 0.341 e. The third kappa shape index (κ3) is 8.90. The first-order valence-corrected chi connectivity index (χ1v) is 14.8. The van der Waals surface area contributed by atoms with Crippen molar-refractivity contribution >= 4 is 35.1 Å². The van der Waals surface area contributed by atoms with Crippen LogP contribution in [-0.4, -0.2) is 78.1 Å². The molecule has 3 heterocycles. The molecule has 1 aliphatic heterocycles. The summed E-state index contributed by atoms with van der Waals surface area (Å²) in [5, 5.41) is 12.6. The fraction of sp³-hybridized carbons (Fsp3) is 0.571. The Bertz CT molecular complexity index is 1100. The molecule has 1 saturated heterocycles. The van der Waals surface area contributed by atoms with Crippen LogP contribution in [0.5, 0.6) is 0 Å². The number of hydrogen-bond donors (Lipinski definition) is 4. The fourth-order valence-corrected chi connectivity index (χ4v) is 5.69. The van der Waals surface area contributed by atoms with Gasteiger partial charge in [-0.2, -0.15) is 11.3 Å². The molecule has 5 amide bonds. The van der Waals surface area contributed by atoms with Crippen molar-refractivity contribution in [1.82, 2.24) is 30.9 Å². The van der Waals surface area contributed by atoms with Gasteiger partial charge in [0.15, 0.2) is 0 Å². The number of thiophene rings is 1. The van der Waals surface area contributed by atoms with Gasteiger partial charge in [0, 0.05) is 44.8 Å². The minimum absolute atomic E-state index is 0.131. The van der Waals surface area contributed by atoms with Crippen molar-refractivity contribution in [3.63, 3.8) is 0 Å². The van der Waals surface area contributed by atoms with Crippen LogP contribution in [0.25, 0.3) is 0 Å². The summed E-state index contributed by atoms with van der Waals surface area (Å²) in [5.41, 5.74) is 5.46. The first kappa shape index (κ1) is 31.3. The molecule has 0 unspecified atom stereocenters. The number of carbonyl (C=O) groups is 3. The highest BCUT2D eigenvalue weighted by molar-refractivity contribution is 7.07. The normalized spacial score (nSPS) is 14.8. The topological polar surface area (TPSA) is 128 Å². The number of likely N-dealkylation sites (tertiary alicyclic amines) is 1. The van der Waals surface area contributed by atoms with Crippen LogP contribution in [0.2, 0.25) is 0 Å². The number of aromatic nitrogens is 1. The lowest BCUT2D eigenvalue weighted by molar-refractivity contribution is 0.0565. The van der Waals surface area contributed by atoms with Crippen LogP contribution in [0.1, 0.15) is 66.7 Å². The van der Waals surface area contributed by atoms with Gasteiger partial charge in [-0.25, -0.2) is 20.1 Å². The molecule has 2 aromatic rings. The average Bonchev–Trinajstić information content (AvgIpc) is 3.44. The van der Waals surface area contributed by atoms with Crippen LogP contribution in [0.4, 0.5) is 15.4 Å². The third-order valence-corrected chi connectivity index (χ3v) is 7.93. The number of hydrogen-bond acceptors (Lipinski definition) is 7. The number of anilines is 1. The molecule has 1 fully saturated rings. The predicted octanol–water partition coefficient (Wildman–Crippen LogP) is 4.04. The molecule has 0 bridgehead atoms. The van der Waals surface area contributed by atoms with E-state index in [4.69, 9.17) is 4.84 Å². The summed E-state index contributed by atoms with van der Waals surface area (Å²) in [4.78, 5) is 51.2. The summed E-state index contributed by atoms with van der Waals surface area (Å²) < 4.78 is 0. The molecule has 3 rings (SSSR count). The zero-order valence-electron chi connectivity index (χ0n) is 24.2.